The predicted molar refractivity (Wildman–Crippen MR) is 91.8 cm³/mol. The summed E-state index contributed by atoms with van der Waals surface area (Å²) in [5.41, 5.74) is 0. The highest BCUT2D eigenvalue weighted by Gasteiger charge is 2.17. The van der Waals surface area contributed by atoms with Crippen LogP contribution in [0.2, 0.25) is 0 Å². The summed E-state index contributed by atoms with van der Waals surface area (Å²) in [4.78, 5) is 7.24. The first-order chi connectivity index (χ1) is 9.80. The number of guanidine groups is 1. The summed E-state index contributed by atoms with van der Waals surface area (Å²) in [7, 11) is 0. The Balaban J connectivity index is 2.22. The first-order valence-electron chi connectivity index (χ1n) is 8.03. The van der Waals surface area contributed by atoms with E-state index in [1.54, 1.807) is 0 Å². The van der Waals surface area contributed by atoms with Crippen molar-refractivity contribution < 1.29 is 0 Å². The molecule has 0 radical (unpaired) electrons. The van der Waals surface area contributed by atoms with Gasteiger partial charge < -0.3 is 15.5 Å². The zero-order valence-electron chi connectivity index (χ0n) is 13.5. The van der Waals surface area contributed by atoms with Gasteiger partial charge in [0.15, 0.2) is 5.96 Å². The Bertz CT molecular complexity index is 263. The minimum atomic E-state index is 0.871. The second kappa shape index (κ2) is 11.3. The molecule has 0 aromatic carbocycles. The normalized spacial score (nSPS) is 18.2. The number of rotatable bonds is 8. The van der Waals surface area contributed by atoms with Crippen LogP contribution in [0.4, 0.5) is 0 Å². The Hall–Kier alpha value is -0.420. The van der Waals surface area contributed by atoms with E-state index in [2.05, 4.69) is 35.6 Å². The summed E-state index contributed by atoms with van der Waals surface area (Å²) in [5.74, 6) is 2.98. The van der Waals surface area contributed by atoms with E-state index in [1.165, 1.54) is 38.9 Å². The Kier molecular flexibility index (Phi) is 9.93. The highest BCUT2D eigenvalue weighted by molar-refractivity contribution is 7.98. The summed E-state index contributed by atoms with van der Waals surface area (Å²) in [6.07, 6.45) is 6.06. The van der Waals surface area contributed by atoms with Crippen LogP contribution in [0.5, 0.6) is 0 Å². The second-order valence-electron chi connectivity index (χ2n) is 5.35. The summed E-state index contributed by atoms with van der Waals surface area (Å²) < 4.78 is 0. The molecule has 20 heavy (non-hydrogen) atoms. The van der Waals surface area contributed by atoms with Crippen LogP contribution in [-0.2, 0) is 0 Å². The van der Waals surface area contributed by atoms with Crippen LogP contribution in [0.3, 0.4) is 0 Å². The average molecular weight is 301 g/mol. The van der Waals surface area contributed by atoms with Gasteiger partial charge in [-0.15, -0.1) is 0 Å². The van der Waals surface area contributed by atoms with E-state index < -0.39 is 0 Å². The molecule has 0 aliphatic carbocycles. The minimum absolute atomic E-state index is 0.871. The van der Waals surface area contributed by atoms with Crippen molar-refractivity contribution in [2.24, 2.45) is 10.9 Å². The van der Waals surface area contributed by atoms with Gasteiger partial charge >= 0.3 is 0 Å². The van der Waals surface area contributed by atoms with Crippen LogP contribution in [-0.4, -0.2) is 62.1 Å². The van der Waals surface area contributed by atoms with Crippen molar-refractivity contribution in [2.45, 2.75) is 33.1 Å². The van der Waals surface area contributed by atoms with Crippen molar-refractivity contribution in [3.8, 4) is 0 Å². The molecule has 0 amide bonds. The van der Waals surface area contributed by atoms with Crippen molar-refractivity contribution in [3.05, 3.63) is 0 Å². The fourth-order valence-corrected chi connectivity index (χ4v) is 2.87. The molecular weight excluding hydrogens is 268 g/mol. The van der Waals surface area contributed by atoms with Gasteiger partial charge in [-0.1, -0.05) is 6.92 Å². The molecule has 2 N–H and O–H groups in total. The number of aliphatic imine (C=N–C) groups is 1. The maximum absolute atomic E-state index is 4.69. The molecule has 0 aromatic rings. The number of piperidine rings is 1. The molecule has 0 saturated carbocycles. The van der Waals surface area contributed by atoms with E-state index in [0.29, 0.717) is 0 Å². The predicted octanol–water partition coefficient (Wildman–Crippen LogP) is 2.03. The molecular formula is C15H32N4S. The zero-order valence-corrected chi connectivity index (χ0v) is 14.3. The lowest BCUT2D eigenvalue weighted by atomic mass is 9.94. The number of nitrogens with one attached hydrogen (secondary N) is 2. The molecule has 1 aliphatic rings. The van der Waals surface area contributed by atoms with Gasteiger partial charge in [0.2, 0.25) is 0 Å². The van der Waals surface area contributed by atoms with E-state index in [9.17, 15) is 0 Å². The Labute approximate surface area is 129 Å². The molecule has 5 heteroatoms. The molecule has 0 unspecified atom stereocenters. The molecule has 4 nitrogen and oxygen atoms in total. The lowest BCUT2D eigenvalue weighted by molar-refractivity contribution is 0.188. The Morgan fingerprint density at radius 3 is 2.60 bits per heavy atom. The highest BCUT2D eigenvalue weighted by atomic mass is 32.2. The topological polar surface area (TPSA) is 39.7 Å². The van der Waals surface area contributed by atoms with Gasteiger partial charge in [-0.3, -0.25) is 4.99 Å². The van der Waals surface area contributed by atoms with E-state index in [4.69, 9.17) is 4.99 Å². The number of nitrogens with zero attached hydrogens (tertiary/aromatic N) is 2. The van der Waals surface area contributed by atoms with Gasteiger partial charge in [-0.25, -0.2) is 0 Å². The maximum atomic E-state index is 4.69. The molecule has 0 bridgehead atoms. The van der Waals surface area contributed by atoms with Crippen molar-refractivity contribution >= 4 is 17.7 Å². The smallest absolute Gasteiger partial charge is 0.191 e. The van der Waals surface area contributed by atoms with E-state index >= 15 is 0 Å². The maximum Gasteiger partial charge on any atom is 0.191 e. The third kappa shape index (κ3) is 7.39. The summed E-state index contributed by atoms with van der Waals surface area (Å²) in [6, 6.07) is 0. The largest absolute Gasteiger partial charge is 0.357 e. The Morgan fingerprint density at radius 1 is 1.25 bits per heavy atom. The van der Waals surface area contributed by atoms with Crippen LogP contribution in [0.15, 0.2) is 4.99 Å². The number of hydrogen-bond donors (Lipinski definition) is 2. The van der Waals surface area contributed by atoms with Crippen molar-refractivity contribution in [3.63, 3.8) is 0 Å². The van der Waals surface area contributed by atoms with E-state index in [0.717, 1.165) is 37.3 Å². The molecule has 0 aromatic heterocycles. The van der Waals surface area contributed by atoms with Crippen molar-refractivity contribution in [2.75, 3.05) is 51.3 Å². The van der Waals surface area contributed by atoms with Crippen molar-refractivity contribution in [1.29, 1.82) is 0 Å². The minimum Gasteiger partial charge on any atom is -0.357 e. The number of hydrogen-bond acceptors (Lipinski definition) is 3. The SMILES string of the molecule is CCNC(=NCCC1CCN(CC)CC1)NCCSC. The summed E-state index contributed by atoms with van der Waals surface area (Å²) in [5, 5.41) is 6.70. The average Bonchev–Trinajstić information content (AvgIpc) is 2.48. The third-order valence-electron chi connectivity index (χ3n) is 3.90. The van der Waals surface area contributed by atoms with Gasteiger partial charge in [0.05, 0.1) is 0 Å². The fourth-order valence-electron chi connectivity index (χ4n) is 2.56. The summed E-state index contributed by atoms with van der Waals surface area (Å²) >= 11 is 1.86. The third-order valence-corrected chi connectivity index (χ3v) is 4.52. The first kappa shape index (κ1) is 17.6. The van der Waals surface area contributed by atoms with Gasteiger partial charge in [0, 0.05) is 25.4 Å². The van der Waals surface area contributed by atoms with E-state index in [-0.39, 0.29) is 0 Å². The molecule has 1 aliphatic heterocycles. The fraction of sp³-hybridized carbons (Fsp3) is 0.933. The van der Waals surface area contributed by atoms with Crippen LogP contribution in [0.1, 0.15) is 33.1 Å². The monoisotopic (exact) mass is 300 g/mol. The number of thioether (sulfide) groups is 1. The quantitative estimate of drug-likeness (QED) is 0.409. The van der Waals surface area contributed by atoms with Gasteiger partial charge in [0.1, 0.15) is 0 Å². The van der Waals surface area contributed by atoms with Crippen molar-refractivity contribution in [1.82, 2.24) is 15.5 Å². The number of likely N-dealkylation sites (tertiary alicyclic amines) is 1. The summed E-state index contributed by atoms with van der Waals surface area (Å²) in [6.45, 7) is 11.0. The van der Waals surface area contributed by atoms with Gasteiger partial charge in [-0.05, 0) is 58.0 Å². The molecule has 1 saturated heterocycles. The van der Waals surface area contributed by atoms with E-state index in [1.807, 2.05) is 11.8 Å². The van der Waals surface area contributed by atoms with Crippen LogP contribution < -0.4 is 10.6 Å². The lowest BCUT2D eigenvalue weighted by Crippen LogP contribution is -2.38. The Morgan fingerprint density at radius 2 is 2.00 bits per heavy atom. The first-order valence-corrected chi connectivity index (χ1v) is 9.43. The van der Waals surface area contributed by atoms with Crippen LogP contribution in [0, 0.1) is 5.92 Å². The molecule has 1 fully saturated rings. The molecule has 0 atom stereocenters. The zero-order chi connectivity index (χ0) is 14.6. The molecule has 0 spiro atoms. The second-order valence-corrected chi connectivity index (χ2v) is 6.33. The van der Waals surface area contributed by atoms with Crippen LogP contribution >= 0.6 is 11.8 Å². The molecule has 1 heterocycles. The van der Waals surface area contributed by atoms with Crippen LogP contribution in [0.25, 0.3) is 0 Å². The lowest BCUT2D eigenvalue weighted by Gasteiger charge is -2.30. The van der Waals surface area contributed by atoms with Gasteiger partial charge in [0.25, 0.3) is 0 Å². The highest BCUT2D eigenvalue weighted by Crippen LogP contribution is 2.19. The standard InChI is InChI=1S/C15H32N4S/c1-4-16-15(18-10-13-20-3)17-9-6-14-7-11-19(5-2)12-8-14/h14H,4-13H2,1-3H3,(H2,16,17,18). The molecule has 118 valence electrons. The molecule has 1 rings (SSSR count). The van der Waals surface area contributed by atoms with Gasteiger partial charge in [-0.2, -0.15) is 11.8 Å².